The molecule has 5 heteroatoms. The second kappa shape index (κ2) is 13.1. The molecule has 9 aromatic carbocycles. The van der Waals surface area contributed by atoms with Crippen molar-refractivity contribution in [3.8, 4) is 22.3 Å². The molecule has 0 fully saturated rings. The molecule has 1 aliphatic heterocycles. The normalized spacial score (nSPS) is 15.8. The first-order chi connectivity index (χ1) is 28.7. The van der Waals surface area contributed by atoms with Crippen LogP contribution in [0.15, 0.2) is 202 Å². The molecule has 1 aliphatic rings. The average Bonchev–Trinajstić information content (AvgIpc) is 3.86. The molecule has 0 aliphatic carbocycles. The first-order valence-corrected chi connectivity index (χ1v) is 19.7. The van der Waals surface area contributed by atoms with Gasteiger partial charge in [0.1, 0.15) is 40.5 Å². The molecular formula is C53H35N3O2. The molecule has 12 rings (SSSR count). The van der Waals surface area contributed by atoms with Crippen LogP contribution in [-0.4, -0.2) is 5.84 Å². The van der Waals surface area contributed by atoms with Gasteiger partial charge in [-0.05, 0) is 80.2 Å². The molecule has 0 bridgehead atoms. The molecule has 3 heterocycles. The predicted molar refractivity (Wildman–Crippen MR) is 238 cm³/mol. The first-order valence-electron chi connectivity index (χ1n) is 19.7. The van der Waals surface area contributed by atoms with Crippen LogP contribution in [0, 0.1) is 0 Å². The fourth-order valence-corrected chi connectivity index (χ4v) is 8.84. The molecule has 0 saturated heterocycles. The monoisotopic (exact) mass is 745 g/mol. The van der Waals surface area contributed by atoms with Crippen LogP contribution in [0.5, 0.6) is 0 Å². The minimum Gasteiger partial charge on any atom is -0.456 e. The summed E-state index contributed by atoms with van der Waals surface area (Å²) < 4.78 is 13.3. The number of fused-ring (bicyclic) bond motifs is 8. The number of nitrogens with zero attached hydrogens (tertiary/aromatic N) is 1. The van der Waals surface area contributed by atoms with Gasteiger partial charge >= 0.3 is 0 Å². The average molecular weight is 746 g/mol. The Bertz CT molecular complexity index is 3430. The van der Waals surface area contributed by atoms with Crippen molar-refractivity contribution in [2.45, 2.75) is 12.3 Å². The Labute approximate surface area is 333 Å². The maximum atomic E-state index is 6.97. The van der Waals surface area contributed by atoms with Crippen molar-refractivity contribution in [1.29, 1.82) is 0 Å². The smallest absolute Gasteiger partial charge is 0.143 e. The van der Waals surface area contributed by atoms with E-state index >= 15 is 0 Å². The van der Waals surface area contributed by atoms with Crippen molar-refractivity contribution in [2.75, 3.05) is 0 Å². The number of hydrogen-bond donors (Lipinski definition) is 2. The van der Waals surface area contributed by atoms with Crippen LogP contribution < -0.4 is 10.6 Å². The molecule has 2 unspecified atom stereocenters. The van der Waals surface area contributed by atoms with Crippen LogP contribution in [0.25, 0.3) is 87.7 Å². The molecule has 0 amide bonds. The zero-order valence-electron chi connectivity index (χ0n) is 31.3. The number of para-hydroxylation sites is 1. The number of rotatable bonds is 5. The van der Waals surface area contributed by atoms with E-state index in [2.05, 4.69) is 187 Å². The highest BCUT2D eigenvalue weighted by Gasteiger charge is 2.29. The summed E-state index contributed by atoms with van der Waals surface area (Å²) in [5, 5.41) is 16.8. The zero-order valence-corrected chi connectivity index (χ0v) is 31.3. The topological polar surface area (TPSA) is 62.7 Å². The third kappa shape index (κ3) is 5.40. The maximum absolute atomic E-state index is 6.97. The minimum absolute atomic E-state index is 0.324. The molecule has 0 radical (unpaired) electrons. The second-order valence-corrected chi connectivity index (χ2v) is 15.2. The van der Waals surface area contributed by atoms with E-state index in [-0.39, 0.29) is 12.3 Å². The van der Waals surface area contributed by atoms with Crippen LogP contribution in [0.1, 0.15) is 29.0 Å². The fraction of sp³-hybridized carbons (Fsp3) is 0.0377. The highest BCUT2D eigenvalue weighted by Crippen LogP contribution is 2.43. The summed E-state index contributed by atoms with van der Waals surface area (Å²) in [6.45, 7) is 0. The lowest BCUT2D eigenvalue weighted by atomic mass is 9.94. The summed E-state index contributed by atoms with van der Waals surface area (Å²) in [6, 6.07) is 66.4. The lowest BCUT2D eigenvalue weighted by Crippen LogP contribution is -2.45. The Balaban J connectivity index is 1.05. The minimum atomic E-state index is -0.374. The molecule has 11 aromatic rings. The van der Waals surface area contributed by atoms with Gasteiger partial charge in [-0.2, -0.15) is 0 Å². The SMILES string of the molecule is c1ccc(-c2cccc(-c3ccc(C4NC(c5ccc6ccccc6c5)=NC(c5ccc6c(c5)oc5ccccc56)N4)c4c3oc3cc5ccccc5cc34)c2)cc1. The number of amidine groups is 1. The van der Waals surface area contributed by atoms with E-state index in [1.807, 2.05) is 12.1 Å². The lowest BCUT2D eigenvalue weighted by Gasteiger charge is -2.32. The molecule has 0 spiro atoms. The fourth-order valence-electron chi connectivity index (χ4n) is 8.84. The second-order valence-electron chi connectivity index (χ2n) is 15.2. The third-order valence-electron chi connectivity index (χ3n) is 11.7. The van der Waals surface area contributed by atoms with Gasteiger partial charge in [0.05, 0.1) is 0 Å². The van der Waals surface area contributed by atoms with Gasteiger partial charge in [-0.3, -0.25) is 5.32 Å². The molecular weight excluding hydrogens is 711 g/mol. The summed E-state index contributed by atoms with van der Waals surface area (Å²) in [5.41, 5.74) is 11.0. The van der Waals surface area contributed by atoms with Crippen molar-refractivity contribution < 1.29 is 8.83 Å². The Kier molecular flexibility index (Phi) is 7.37. The van der Waals surface area contributed by atoms with Gasteiger partial charge in [0.25, 0.3) is 0 Å². The van der Waals surface area contributed by atoms with Crippen LogP contribution >= 0.6 is 0 Å². The molecule has 274 valence electrons. The molecule has 2 N–H and O–H groups in total. The standard InChI is InChI=1S/C53H35N3O2/c1-2-11-32(12-3-1)35-17-10-18-38(27-35)41-25-26-44(49-45-29-36-15-6-7-16-37(36)30-48(45)58-50(41)49)53-55-51(39-22-21-33-13-4-5-14-34(33)28-39)54-52(56-53)40-23-24-43-42-19-8-9-20-46(42)57-47(43)31-40/h1-31,52-53,56H,(H,54,55). The molecule has 0 saturated carbocycles. The Morgan fingerprint density at radius 2 is 1.14 bits per heavy atom. The summed E-state index contributed by atoms with van der Waals surface area (Å²) >= 11 is 0. The third-order valence-corrected chi connectivity index (χ3v) is 11.7. The maximum Gasteiger partial charge on any atom is 0.143 e. The van der Waals surface area contributed by atoms with Crippen molar-refractivity contribution >= 4 is 71.3 Å². The van der Waals surface area contributed by atoms with Gasteiger partial charge in [-0.15, -0.1) is 0 Å². The highest BCUT2D eigenvalue weighted by atomic mass is 16.3. The van der Waals surface area contributed by atoms with E-state index in [1.54, 1.807) is 0 Å². The van der Waals surface area contributed by atoms with Gasteiger partial charge in [-0.25, -0.2) is 4.99 Å². The largest absolute Gasteiger partial charge is 0.456 e. The number of aliphatic imine (C=N–C) groups is 1. The Morgan fingerprint density at radius 1 is 0.431 bits per heavy atom. The molecule has 2 aromatic heterocycles. The van der Waals surface area contributed by atoms with Crippen molar-refractivity contribution in [1.82, 2.24) is 10.6 Å². The van der Waals surface area contributed by atoms with E-state index in [0.29, 0.717) is 0 Å². The Hall–Kier alpha value is -7.47. The van der Waals surface area contributed by atoms with E-state index < -0.39 is 0 Å². The van der Waals surface area contributed by atoms with Crippen LogP contribution in [0.3, 0.4) is 0 Å². The van der Waals surface area contributed by atoms with Crippen LogP contribution in [0.2, 0.25) is 0 Å². The van der Waals surface area contributed by atoms with Gasteiger partial charge in [0, 0.05) is 38.2 Å². The number of hydrogen-bond acceptors (Lipinski definition) is 5. The van der Waals surface area contributed by atoms with Crippen molar-refractivity contribution in [3.63, 3.8) is 0 Å². The highest BCUT2D eigenvalue weighted by molar-refractivity contribution is 6.15. The quantitative estimate of drug-likeness (QED) is 0.184. The van der Waals surface area contributed by atoms with E-state index in [4.69, 9.17) is 13.8 Å². The van der Waals surface area contributed by atoms with Gasteiger partial charge < -0.3 is 14.2 Å². The summed E-state index contributed by atoms with van der Waals surface area (Å²) in [4.78, 5) is 5.37. The Morgan fingerprint density at radius 3 is 2.02 bits per heavy atom. The van der Waals surface area contributed by atoms with E-state index in [1.165, 1.54) is 16.3 Å². The summed E-state index contributed by atoms with van der Waals surface area (Å²) in [5.74, 6) is 0.815. The number of furan rings is 2. The predicted octanol–water partition coefficient (Wildman–Crippen LogP) is 13.5. The first kappa shape index (κ1) is 32.7. The van der Waals surface area contributed by atoms with Crippen molar-refractivity contribution in [2.24, 2.45) is 4.99 Å². The van der Waals surface area contributed by atoms with Crippen LogP contribution in [-0.2, 0) is 0 Å². The summed E-state index contributed by atoms with van der Waals surface area (Å²) in [6.07, 6.45) is -0.698. The molecule has 5 nitrogen and oxygen atoms in total. The summed E-state index contributed by atoms with van der Waals surface area (Å²) in [7, 11) is 0. The van der Waals surface area contributed by atoms with Crippen molar-refractivity contribution in [3.05, 3.63) is 205 Å². The number of benzene rings is 9. The van der Waals surface area contributed by atoms with Crippen LogP contribution in [0.4, 0.5) is 0 Å². The molecule has 2 atom stereocenters. The number of nitrogens with one attached hydrogen (secondary N) is 2. The van der Waals surface area contributed by atoms with E-state index in [9.17, 15) is 0 Å². The van der Waals surface area contributed by atoms with E-state index in [0.717, 1.165) is 93.9 Å². The van der Waals surface area contributed by atoms with Gasteiger partial charge in [-0.1, -0.05) is 152 Å². The van der Waals surface area contributed by atoms with Gasteiger partial charge in [0.2, 0.25) is 0 Å². The van der Waals surface area contributed by atoms with Gasteiger partial charge in [0.15, 0.2) is 0 Å². The zero-order chi connectivity index (χ0) is 38.2. The lowest BCUT2D eigenvalue weighted by molar-refractivity contribution is 0.411. The molecule has 58 heavy (non-hydrogen) atoms.